The molecular weight excluding hydrogens is 340 g/mol. The SMILES string of the molecule is COc1ccc(CC(=O)N2CCC(C(=O)Nc3ccc(C)cc3)CC2)cc1. The number of nitrogens with one attached hydrogen (secondary N) is 1. The summed E-state index contributed by atoms with van der Waals surface area (Å²) in [6.07, 6.45) is 1.78. The van der Waals surface area contributed by atoms with Gasteiger partial charge in [0.15, 0.2) is 0 Å². The van der Waals surface area contributed by atoms with Crippen molar-refractivity contribution in [1.82, 2.24) is 4.90 Å². The summed E-state index contributed by atoms with van der Waals surface area (Å²) in [5.74, 6) is 0.890. The van der Waals surface area contributed by atoms with E-state index in [2.05, 4.69) is 5.32 Å². The number of methoxy groups -OCH3 is 1. The van der Waals surface area contributed by atoms with Crippen molar-refractivity contribution in [2.45, 2.75) is 26.2 Å². The highest BCUT2D eigenvalue weighted by molar-refractivity contribution is 5.92. The molecule has 1 aliphatic rings. The highest BCUT2D eigenvalue weighted by Crippen LogP contribution is 2.21. The number of rotatable bonds is 5. The van der Waals surface area contributed by atoms with Crippen molar-refractivity contribution >= 4 is 17.5 Å². The van der Waals surface area contributed by atoms with Gasteiger partial charge in [-0.05, 0) is 49.6 Å². The molecule has 1 saturated heterocycles. The van der Waals surface area contributed by atoms with Crippen molar-refractivity contribution in [1.29, 1.82) is 0 Å². The molecule has 0 radical (unpaired) electrons. The quantitative estimate of drug-likeness (QED) is 0.882. The maximum Gasteiger partial charge on any atom is 0.227 e. The van der Waals surface area contributed by atoms with Crippen molar-refractivity contribution in [2.24, 2.45) is 5.92 Å². The molecule has 142 valence electrons. The Kier molecular flexibility index (Phi) is 6.12. The molecule has 0 bridgehead atoms. The molecular formula is C22H26N2O3. The summed E-state index contributed by atoms with van der Waals surface area (Å²) in [4.78, 5) is 26.8. The van der Waals surface area contributed by atoms with Crippen LogP contribution in [-0.4, -0.2) is 36.9 Å². The summed E-state index contributed by atoms with van der Waals surface area (Å²) in [5, 5.41) is 2.98. The molecule has 0 saturated carbocycles. The Morgan fingerprint density at radius 3 is 2.26 bits per heavy atom. The van der Waals surface area contributed by atoms with Crippen LogP contribution in [0, 0.1) is 12.8 Å². The molecule has 1 N–H and O–H groups in total. The van der Waals surface area contributed by atoms with Gasteiger partial charge in [-0.15, -0.1) is 0 Å². The second-order valence-electron chi connectivity index (χ2n) is 7.04. The second kappa shape index (κ2) is 8.71. The molecule has 0 aliphatic carbocycles. The Morgan fingerprint density at radius 1 is 1.04 bits per heavy atom. The van der Waals surface area contributed by atoms with Crippen LogP contribution in [0.5, 0.6) is 5.75 Å². The Balaban J connectivity index is 1.47. The third-order valence-electron chi connectivity index (χ3n) is 5.05. The van der Waals surface area contributed by atoms with E-state index in [-0.39, 0.29) is 17.7 Å². The smallest absolute Gasteiger partial charge is 0.227 e. The van der Waals surface area contributed by atoms with E-state index in [1.54, 1.807) is 7.11 Å². The van der Waals surface area contributed by atoms with E-state index in [0.29, 0.717) is 32.4 Å². The van der Waals surface area contributed by atoms with Gasteiger partial charge in [0.1, 0.15) is 5.75 Å². The maximum atomic E-state index is 12.5. The van der Waals surface area contributed by atoms with E-state index in [1.807, 2.05) is 60.4 Å². The first-order valence-electron chi connectivity index (χ1n) is 9.33. The number of likely N-dealkylation sites (tertiary alicyclic amines) is 1. The summed E-state index contributed by atoms with van der Waals surface area (Å²) < 4.78 is 5.14. The Hall–Kier alpha value is -2.82. The molecule has 1 fully saturated rings. The van der Waals surface area contributed by atoms with E-state index >= 15 is 0 Å². The molecule has 3 rings (SSSR count). The number of ether oxygens (including phenoxy) is 1. The number of piperidine rings is 1. The van der Waals surface area contributed by atoms with Crippen molar-refractivity contribution in [2.75, 3.05) is 25.5 Å². The van der Waals surface area contributed by atoms with Crippen LogP contribution in [0.25, 0.3) is 0 Å². The Morgan fingerprint density at radius 2 is 1.67 bits per heavy atom. The van der Waals surface area contributed by atoms with Gasteiger partial charge in [-0.2, -0.15) is 0 Å². The maximum absolute atomic E-state index is 12.5. The number of benzene rings is 2. The van der Waals surface area contributed by atoms with E-state index in [1.165, 1.54) is 0 Å². The Labute approximate surface area is 160 Å². The molecule has 1 heterocycles. The van der Waals surface area contributed by atoms with Crippen LogP contribution >= 0.6 is 0 Å². The van der Waals surface area contributed by atoms with Crippen LogP contribution in [0.15, 0.2) is 48.5 Å². The van der Waals surface area contributed by atoms with E-state index in [9.17, 15) is 9.59 Å². The minimum atomic E-state index is -0.0451. The summed E-state index contributed by atoms with van der Waals surface area (Å²) in [5.41, 5.74) is 2.96. The second-order valence-corrected chi connectivity index (χ2v) is 7.04. The van der Waals surface area contributed by atoms with Gasteiger partial charge in [-0.25, -0.2) is 0 Å². The fourth-order valence-electron chi connectivity index (χ4n) is 3.30. The number of hydrogen-bond acceptors (Lipinski definition) is 3. The lowest BCUT2D eigenvalue weighted by Crippen LogP contribution is -2.42. The summed E-state index contributed by atoms with van der Waals surface area (Å²) in [6.45, 7) is 3.27. The lowest BCUT2D eigenvalue weighted by molar-refractivity contribution is -0.133. The highest BCUT2D eigenvalue weighted by atomic mass is 16.5. The zero-order valence-corrected chi connectivity index (χ0v) is 15.9. The number of amides is 2. The van der Waals surface area contributed by atoms with Crippen LogP contribution in [-0.2, 0) is 16.0 Å². The fourth-order valence-corrected chi connectivity index (χ4v) is 3.30. The molecule has 0 atom stereocenters. The predicted octanol–water partition coefficient (Wildman–Crippen LogP) is 3.42. The average Bonchev–Trinajstić information content (AvgIpc) is 2.70. The van der Waals surface area contributed by atoms with E-state index in [0.717, 1.165) is 22.6 Å². The summed E-state index contributed by atoms with van der Waals surface area (Å²) in [7, 11) is 1.62. The third kappa shape index (κ3) is 5.09. The third-order valence-corrected chi connectivity index (χ3v) is 5.05. The van der Waals surface area contributed by atoms with Crippen molar-refractivity contribution in [3.8, 4) is 5.75 Å². The topological polar surface area (TPSA) is 58.6 Å². The zero-order valence-electron chi connectivity index (χ0n) is 15.9. The van der Waals surface area contributed by atoms with Crippen LogP contribution in [0.2, 0.25) is 0 Å². The lowest BCUT2D eigenvalue weighted by Gasteiger charge is -2.31. The van der Waals surface area contributed by atoms with Crippen LogP contribution in [0.1, 0.15) is 24.0 Å². The van der Waals surface area contributed by atoms with Gasteiger partial charge in [0, 0.05) is 24.7 Å². The van der Waals surface area contributed by atoms with Crippen LogP contribution < -0.4 is 10.1 Å². The van der Waals surface area contributed by atoms with Gasteiger partial charge >= 0.3 is 0 Å². The summed E-state index contributed by atoms with van der Waals surface area (Å²) >= 11 is 0. The minimum Gasteiger partial charge on any atom is -0.497 e. The first kappa shape index (κ1) is 19.0. The normalized spacial score (nSPS) is 14.7. The molecule has 1 aliphatic heterocycles. The number of carbonyl (C=O) groups is 2. The van der Waals surface area contributed by atoms with E-state index < -0.39 is 0 Å². The standard InChI is InChI=1S/C22H26N2O3/c1-16-3-7-19(8-4-16)23-22(26)18-11-13-24(14-12-18)21(25)15-17-5-9-20(27-2)10-6-17/h3-10,18H,11-15H2,1-2H3,(H,23,26). The van der Waals surface area contributed by atoms with Gasteiger partial charge in [0.05, 0.1) is 13.5 Å². The molecule has 2 aromatic rings. The lowest BCUT2D eigenvalue weighted by atomic mass is 9.95. The average molecular weight is 366 g/mol. The molecule has 2 amide bonds. The molecule has 5 heteroatoms. The van der Waals surface area contributed by atoms with Crippen molar-refractivity contribution < 1.29 is 14.3 Å². The molecule has 0 unspecified atom stereocenters. The summed E-state index contributed by atoms with van der Waals surface area (Å²) in [6, 6.07) is 15.4. The molecule has 0 aromatic heterocycles. The number of nitrogens with zero attached hydrogens (tertiary/aromatic N) is 1. The largest absolute Gasteiger partial charge is 0.497 e. The molecule has 27 heavy (non-hydrogen) atoms. The zero-order chi connectivity index (χ0) is 19.2. The van der Waals surface area contributed by atoms with Crippen LogP contribution in [0.4, 0.5) is 5.69 Å². The number of anilines is 1. The Bertz CT molecular complexity index is 776. The first-order chi connectivity index (χ1) is 13.0. The minimum absolute atomic E-state index is 0.0427. The first-order valence-corrected chi connectivity index (χ1v) is 9.33. The monoisotopic (exact) mass is 366 g/mol. The van der Waals surface area contributed by atoms with Gasteiger partial charge < -0.3 is 15.0 Å². The van der Waals surface area contributed by atoms with Gasteiger partial charge in [0.25, 0.3) is 0 Å². The number of hydrogen-bond donors (Lipinski definition) is 1. The number of aryl methyl sites for hydroxylation is 1. The van der Waals surface area contributed by atoms with Crippen molar-refractivity contribution in [3.05, 3.63) is 59.7 Å². The number of carbonyl (C=O) groups excluding carboxylic acids is 2. The molecule has 2 aromatic carbocycles. The molecule has 5 nitrogen and oxygen atoms in total. The predicted molar refractivity (Wildman–Crippen MR) is 106 cm³/mol. The molecule has 0 spiro atoms. The van der Waals surface area contributed by atoms with Gasteiger partial charge in [-0.3, -0.25) is 9.59 Å². The van der Waals surface area contributed by atoms with Crippen molar-refractivity contribution in [3.63, 3.8) is 0 Å². The van der Waals surface area contributed by atoms with Gasteiger partial charge in [-0.1, -0.05) is 29.8 Å². The van der Waals surface area contributed by atoms with Gasteiger partial charge in [0.2, 0.25) is 11.8 Å². The van der Waals surface area contributed by atoms with Crippen LogP contribution in [0.3, 0.4) is 0 Å². The highest BCUT2D eigenvalue weighted by Gasteiger charge is 2.27. The van der Waals surface area contributed by atoms with E-state index in [4.69, 9.17) is 4.74 Å². The fraction of sp³-hybridized carbons (Fsp3) is 0.364.